The van der Waals surface area contributed by atoms with E-state index in [-0.39, 0.29) is 35.0 Å². The van der Waals surface area contributed by atoms with E-state index >= 15 is 0 Å². The van der Waals surface area contributed by atoms with Gasteiger partial charge in [0.25, 0.3) is 5.91 Å². The third-order valence-electron chi connectivity index (χ3n) is 5.83. The molecular weight excluding hydrogens is 553 g/mol. The average Bonchev–Trinajstić information content (AvgIpc) is 2.94. The minimum absolute atomic E-state index is 0.0195. The van der Waals surface area contributed by atoms with E-state index in [1.54, 1.807) is 19.1 Å². The number of aromatic nitrogens is 1. The summed E-state index contributed by atoms with van der Waals surface area (Å²) < 4.78 is 48.6. The molecule has 0 aliphatic heterocycles. The van der Waals surface area contributed by atoms with Crippen LogP contribution in [0, 0.1) is 12.8 Å². The molecule has 8 nitrogen and oxygen atoms in total. The van der Waals surface area contributed by atoms with Gasteiger partial charge in [0.2, 0.25) is 0 Å². The van der Waals surface area contributed by atoms with E-state index in [9.17, 15) is 27.9 Å². The van der Waals surface area contributed by atoms with E-state index in [1.807, 2.05) is 19.9 Å². The van der Waals surface area contributed by atoms with E-state index in [2.05, 4.69) is 40.9 Å². The number of pyridine rings is 1. The number of primary amides is 1. The SMILES string of the molecule is CCC(=O)OC(C)CC(CC)Cc1ccccc1.COc1ccnc(C(N)=O)c1O.Cc1ccc(OC(F)(F)F)cc1. The Morgan fingerprint density at radius 1 is 1.02 bits per heavy atom. The van der Waals surface area contributed by atoms with Gasteiger partial charge in [-0.2, -0.15) is 0 Å². The number of aromatic hydroxyl groups is 1. The summed E-state index contributed by atoms with van der Waals surface area (Å²) >= 11 is 0. The highest BCUT2D eigenvalue weighted by Crippen LogP contribution is 2.27. The quantitative estimate of drug-likeness (QED) is 0.249. The molecule has 2 unspecified atom stereocenters. The predicted octanol–water partition coefficient (Wildman–Crippen LogP) is 6.78. The first-order valence-electron chi connectivity index (χ1n) is 13.4. The summed E-state index contributed by atoms with van der Waals surface area (Å²) in [5, 5.41) is 9.27. The molecule has 3 rings (SSSR count). The Kier molecular flexibility index (Phi) is 15.5. The molecule has 1 heterocycles. The van der Waals surface area contributed by atoms with Crippen molar-refractivity contribution >= 4 is 11.9 Å². The number of methoxy groups -OCH3 is 1. The molecular formula is C31H39F3N2O6. The number of nitrogens with zero attached hydrogens (tertiary/aromatic N) is 1. The summed E-state index contributed by atoms with van der Waals surface area (Å²) in [6.07, 6.45) is 0.324. The number of alkyl halides is 3. The van der Waals surface area contributed by atoms with Crippen LogP contribution in [-0.4, -0.2) is 41.5 Å². The van der Waals surface area contributed by atoms with Crippen molar-refractivity contribution in [2.75, 3.05) is 7.11 Å². The fraction of sp³-hybridized carbons (Fsp3) is 0.387. The molecule has 0 radical (unpaired) electrons. The molecule has 2 aromatic carbocycles. The number of amides is 1. The highest BCUT2D eigenvalue weighted by molar-refractivity contribution is 5.94. The van der Waals surface area contributed by atoms with Gasteiger partial charge in [-0.25, -0.2) is 4.98 Å². The number of aryl methyl sites for hydroxylation is 1. The zero-order chi connectivity index (χ0) is 31.7. The largest absolute Gasteiger partial charge is 0.573 e. The van der Waals surface area contributed by atoms with Crippen molar-refractivity contribution in [1.29, 1.82) is 0 Å². The first-order valence-corrected chi connectivity index (χ1v) is 13.4. The van der Waals surface area contributed by atoms with E-state index in [0.717, 1.165) is 24.8 Å². The van der Waals surface area contributed by atoms with Crippen LogP contribution in [0.2, 0.25) is 0 Å². The van der Waals surface area contributed by atoms with Crippen LogP contribution in [0.4, 0.5) is 13.2 Å². The number of carbonyl (C=O) groups is 2. The van der Waals surface area contributed by atoms with Gasteiger partial charge in [0, 0.05) is 18.7 Å². The Morgan fingerprint density at radius 2 is 1.64 bits per heavy atom. The first-order chi connectivity index (χ1) is 19.8. The van der Waals surface area contributed by atoms with Gasteiger partial charge >= 0.3 is 12.3 Å². The minimum Gasteiger partial charge on any atom is -0.503 e. The van der Waals surface area contributed by atoms with Crippen molar-refractivity contribution in [2.24, 2.45) is 11.7 Å². The average molecular weight is 593 g/mol. The van der Waals surface area contributed by atoms with Crippen LogP contribution in [0.25, 0.3) is 0 Å². The van der Waals surface area contributed by atoms with Gasteiger partial charge in [0.05, 0.1) is 13.2 Å². The third kappa shape index (κ3) is 14.4. The number of esters is 1. The molecule has 3 N–H and O–H groups in total. The van der Waals surface area contributed by atoms with Crippen molar-refractivity contribution in [3.8, 4) is 17.2 Å². The van der Waals surface area contributed by atoms with Crippen LogP contribution in [0.5, 0.6) is 17.2 Å². The molecule has 2 atom stereocenters. The normalized spacial score (nSPS) is 11.9. The van der Waals surface area contributed by atoms with Crippen molar-refractivity contribution in [3.05, 3.63) is 83.7 Å². The van der Waals surface area contributed by atoms with Crippen molar-refractivity contribution in [2.45, 2.75) is 65.8 Å². The molecule has 230 valence electrons. The molecule has 0 saturated carbocycles. The number of rotatable bonds is 10. The lowest BCUT2D eigenvalue weighted by Crippen LogP contribution is -2.19. The van der Waals surface area contributed by atoms with Gasteiger partial charge in [0.15, 0.2) is 17.2 Å². The second kappa shape index (κ2) is 18.2. The monoisotopic (exact) mass is 592 g/mol. The van der Waals surface area contributed by atoms with Gasteiger partial charge < -0.3 is 25.1 Å². The molecule has 1 aromatic heterocycles. The molecule has 42 heavy (non-hydrogen) atoms. The Bertz CT molecular complexity index is 1220. The molecule has 1 amide bonds. The van der Waals surface area contributed by atoms with Crippen LogP contribution in [0.3, 0.4) is 0 Å². The maximum absolute atomic E-state index is 11.6. The van der Waals surface area contributed by atoms with E-state index < -0.39 is 12.3 Å². The number of carbonyl (C=O) groups excluding carboxylic acids is 2. The smallest absolute Gasteiger partial charge is 0.503 e. The summed E-state index contributed by atoms with van der Waals surface area (Å²) in [6, 6.07) is 17.6. The number of nitrogens with two attached hydrogens (primary N) is 1. The van der Waals surface area contributed by atoms with E-state index in [0.29, 0.717) is 12.3 Å². The Morgan fingerprint density at radius 3 is 2.14 bits per heavy atom. The Labute approximate surface area is 244 Å². The molecule has 0 aliphatic rings. The van der Waals surface area contributed by atoms with E-state index in [4.69, 9.17) is 15.2 Å². The number of hydrogen-bond acceptors (Lipinski definition) is 7. The van der Waals surface area contributed by atoms with Gasteiger partial charge in [-0.3, -0.25) is 9.59 Å². The zero-order valence-corrected chi connectivity index (χ0v) is 24.5. The van der Waals surface area contributed by atoms with Crippen LogP contribution in [0.1, 0.15) is 61.6 Å². The number of ether oxygens (including phenoxy) is 3. The second-order valence-electron chi connectivity index (χ2n) is 9.29. The second-order valence-corrected chi connectivity index (χ2v) is 9.29. The Hall–Kier alpha value is -4.28. The molecule has 11 heteroatoms. The third-order valence-corrected chi connectivity index (χ3v) is 5.83. The maximum Gasteiger partial charge on any atom is 0.573 e. The molecule has 0 bridgehead atoms. The minimum atomic E-state index is -4.60. The van der Waals surface area contributed by atoms with Crippen LogP contribution in [-0.2, 0) is 16.0 Å². The predicted molar refractivity (Wildman–Crippen MR) is 153 cm³/mol. The lowest BCUT2D eigenvalue weighted by Gasteiger charge is -2.20. The van der Waals surface area contributed by atoms with Gasteiger partial charge in [0.1, 0.15) is 5.75 Å². The lowest BCUT2D eigenvalue weighted by atomic mass is 9.92. The van der Waals surface area contributed by atoms with Gasteiger partial charge in [-0.15, -0.1) is 13.2 Å². The van der Waals surface area contributed by atoms with Crippen LogP contribution < -0.4 is 15.2 Å². The van der Waals surface area contributed by atoms with Crippen molar-refractivity contribution in [1.82, 2.24) is 4.98 Å². The highest BCUT2D eigenvalue weighted by Gasteiger charge is 2.30. The van der Waals surface area contributed by atoms with Gasteiger partial charge in [-0.05, 0) is 50.3 Å². The molecule has 0 aliphatic carbocycles. The summed E-state index contributed by atoms with van der Waals surface area (Å²) in [5.41, 5.74) is 6.99. The summed E-state index contributed by atoms with van der Waals surface area (Å²) in [4.78, 5) is 25.4. The van der Waals surface area contributed by atoms with E-state index in [1.165, 1.54) is 37.1 Å². The lowest BCUT2D eigenvalue weighted by molar-refractivity contribution is -0.274. The van der Waals surface area contributed by atoms with Crippen LogP contribution in [0.15, 0.2) is 66.9 Å². The van der Waals surface area contributed by atoms with Crippen molar-refractivity contribution < 1.29 is 42.1 Å². The summed E-state index contributed by atoms with van der Waals surface area (Å²) in [5.74, 6) is -0.644. The summed E-state index contributed by atoms with van der Waals surface area (Å²) in [6.45, 7) is 7.80. The van der Waals surface area contributed by atoms with Crippen molar-refractivity contribution in [3.63, 3.8) is 0 Å². The number of benzene rings is 2. The van der Waals surface area contributed by atoms with Crippen LogP contribution >= 0.6 is 0 Å². The standard InChI is InChI=1S/C16H24O2.C8H7F3O.C7H8N2O3/c1-4-14(11-13(3)18-16(17)5-2)12-15-9-7-6-8-10-15;1-6-2-4-7(5-3-6)12-8(9,10)11;1-12-4-2-3-9-5(6(4)10)7(8)11/h6-10,13-14H,4-5,11-12H2,1-3H3;2-5H,1H3;2-3,10H,1H3,(H2,8,11). The topological polar surface area (TPSA) is 121 Å². The Balaban J connectivity index is 0.000000325. The van der Waals surface area contributed by atoms with Gasteiger partial charge in [-0.1, -0.05) is 68.3 Å². The molecule has 0 spiro atoms. The zero-order valence-electron chi connectivity index (χ0n) is 24.5. The molecule has 0 fully saturated rings. The number of hydrogen-bond donors (Lipinski definition) is 2. The fourth-order valence-electron chi connectivity index (χ4n) is 3.69. The summed E-state index contributed by atoms with van der Waals surface area (Å²) in [7, 11) is 1.37. The number of halogens is 3. The fourth-order valence-corrected chi connectivity index (χ4v) is 3.69. The maximum atomic E-state index is 11.6. The highest BCUT2D eigenvalue weighted by atomic mass is 19.4. The molecule has 0 saturated heterocycles. The first kappa shape index (κ1) is 35.7. The molecule has 3 aromatic rings.